The first-order valence-corrected chi connectivity index (χ1v) is 4.59. The molecule has 0 radical (unpaired) electrons. The summed E-state index contributed by atoms with van der Waals surface area (Å²) in [6.07, 6.45) is 0. The number of nitrogens with zero attached hydrogens (tertiary/aromatic N) is 1. The van der Waals surface area contributed by atoms with Crippen molar-refractivity contribution < 1.29 is 18.4 Å². The quantitative estimate of drug-likeness (QED) is 0.765. The lowest BCUT2D eigenvalue weighted by molar-refractivity contribution is -0.118. The van der Waals surface area contributed by atoms with Gasteiger partial charge in [0.15, 0.2) is 0 Å². The van der Waals surface area contributed by atoms with E-state index < -0.39 is 23.6 Å². The van der Waals surface area contributed by atoms with Crippen LogP contribution in [0.1, 0.15) is 5.56 Å². The molecule has 4 nitrogen and oxygen atoms in total. The Kier molecular flexibility index (Phi) is 2.55. The molecule has 0 aliphatic carbocycles. The molecular weight excluding hydrogens is 218 g/mol. The van der Waals surface area contributed by atoms with E-state index in [0.29, 0.717) is 0 Å². The van der Waals surface area contributed by atoms with Crippen LogP contribution in [0.25, 0.3) is 0 Å². The monoisotopic (exact) mass is 226 g/mol. The van der Waals surface area contributed by atoms with Crippen molar-refractivity contribution in [1.82, 2.24) is 10.2 Å². The third-order valence-corrected chi connectivity index (χ3v) is 2.24. The Morgan fingerprint density at radius 2 is 2.06 bits per heavy atom. The molecule has 0 bridgehead atoms. The van der Waals surface area contributed by atoms with Gasteiger partial charge in [-0.15, -0.1) is 0 Å². The molecule has 1 fully saturated rings. The van der Waals surface area contributed by atoms with Gasteiger partial charge in [-0.2, -0.15) is 0 Å². The van der Waals surface area contributed by atoms with Crippen LogP contribution in [0, 0.1) is 11.6 Å². The van der Waals surface area contributed by atoms with E-state index in [2.05, 4.69) is 5.32 Å². The zero-order valence-electron chi connectivity index (χ0n) is 8.17. The van der Waals surface area contributed by atoms with Crippen LogP contribution in [0.15, 0.2) is 18.2 Å². The molecule has 1 N–H and O–H groups in total. The van der Waals surface area contributed by atoms with Crippen molar-refractivity contribution in [2.75, 3.05) is 6.54 Å². The van der Waals surface area contributed by atoms with Crippen LogP contribution in [0.5, 0.6) is 0 Å². The predicted octanol–water partition coefficient (Wildman–Crippen LogP) is 1.02. The molecule has 1 aliphatic rings. The molecule has 0 aromatic heterocycles. The van der Waals surface area contributed by atoms with Crippen LogP contribution in [-0.2, 0) is 11.3 Å². The van der Waals surface area contributed by atoms with Crippen LogP contribution in [0.4, 0.5) is 13.6 Å². The summed E-state index contributed by atoms with van der Waals surface area (Å²) in [6, 6.07) is 2.54. The molecule has 1 saturated heterocycles. The van der Waals surface area contributed by atoms with Crippen molar-refractivity contribution in [3.05, 3.63) is 35.4 Å². The van der Waals surface area contributed by atoms with Gasteiger partial charge in [0.05, 0.1) is 6.54 Å². The summed E-state index contributed by atoms with van der Waals surface area (Å²) in [5.74, 6) is -1.83. The maximum Gasteiger partial charge on any atom is 0.324 e. The Bertz CT molecular complexity index is 462. The number of hydrogen-bond donors (Lipinski definition) is 1. The number of rotatable bonds is 2. The van der Waals surface area contributed by atoms with Crippen LogP contribution in [-0.4, -0.2) is 23.4 Å². The minimum atomic E-state index is -0.729. The van der Waals surface area contributed by atoms with E-state index in [-0.39, 0.29) is 18.7 Å². The second kappa shape index (κ2) is 3.88. The molecule has 84 valence electrons. The molecule has 2 rings (SSSR count). The second-order valence-electron chi connectivity index (χ2n) is 3.45. The van der Waals surface area contributed by atoms with Crippen molar-refractivity contribution in [3.8, 4) is 0 Å². The van der Waals surface area contributed by atoms with Crippen LogP contribution >= 0.6 is 0 Å². The van der Waals surface area contributed by atoms with Crippen LogP contribution in [0.2, 0.25) is 0 Å². The highest BCUT2D eigenvalue weighted by Crippen LogP contribution is 2.13. The highest BCUT2D eigenvalue weighted by Gasteiger charge is 2.27. The fraction of sp³-hybridized carbons (Fsp3) is 0.200. The van der Waals surface area contributed by atoms with Gasteiger partial charge >= 0.3 is 6.03 Å². The molecule has 16 heavy (non-hydrogen) atoms. The average Bonchev–Trinajstić information content (AvgIpc) is 2.50. The lowest BCUT2D eigenvalue weighted by Crippen LogP contribution is -2.28. The molecular formula is C10H8F2N2O2. The zero-order chi connectivity index (χ0) is 11.7. The number of nitrogens with one attached hydrogen (secondary N) is 1. The van der Waals surface area contributed by atoms with E-state index in [9.17, 15) is 18.4 Å². The lowest BCUT2D eigenvalue weighted by Gasteiger charge is -2.13. The standard InChI is InChI=1S/C10H8F2N2O2/c11-7-2-1-6(8(12)3-7)4-14-5-9(15)13-10(14)16/h1-3H,4-5H2,(H,13,15,16). The molecule has 1 heterocycles. The highest BCUT2D eigenvalue weighted by molar-refractivity contribution is 6.01. The van der Waals surface area contributed by atoms with Crippen LogP contribution in [0.3, 0.4) is 0 Å². The Balaban J connectivity index is 2.15. The normalized spacial score (nSPS) is 15.5. The minimum Gasteiger partial charge on any atom is -0.311 e. The Morgan fingerprint density at radius 3 is 2.62 bits per heavy atom. The van der Waals surface area contributed by atoms with Crippen molar-refractivity contribution in [2.45, 2.75) is 6.54 Å². The smallest absolute Gasteiger partial charge is 0.311 e. The summed E-state index contributed by atoms with van der Waals surface area (Å²) in [4.78, 5) is 23.2. The second-order valence-corrected chi connectivity index (χ2v) is 3.45. The molecule has 0 spiro atoms. The van der Waals surface area contributed by atoms with Gasteiger partial charge in [0.25, 0.3) is 0 Å². The summed E-state index contributed by atoms with van der Waals surface area (Å²) >= 11 is 0. The molecule has 1 aromatic carbocycles. The van der Waals surface area contributed by atoms with Gasteiger partial charge in [-0.3, -0.25) is 10.1 Å². The first-order valence-electron chi connectivity index (χ1n) is 4.59. The van der Waals surface area contributed by atoms with E-state index in [1.54, 1.807) is 0 Å². The van der Waals surface area contributed by atoms with Gasteiger partial charge in [-0.25, -0.2) is 13.6 Å². The van der Waals surface area contributed by atoms with Gasteiger partial charge in [0.2, 0.25) is 5.91 Å². The molecule has 1 aromatic rings. The molecule has 0 saturated carbocycles. The molecule has 1 aliphatic heterocycles. The van der Waals surface area contributed by atoms with E-state index >= 15 is 0 Å². The molecule has 3 amide bonds. The Hall–Kier alpha value is -1.98. The maximum atomic E-state index is 13.2. The third-order valence-electron chi connectivity index (χ3n) is 2.24. The largest absolute Gasteiger partial charge is 0.324 e. The summed E-state index contributed by atoms with van der Waals surface area (Å²) < 4.78 is 25.9. The van der Waals surface area contributed by atoms with E-state index in [4.69, 9.17) is 0 Å². The molecule has 0 unspecified atom stereocenters. The lowest BCUT2D eigenvalue weighted by atomic mass is 10.2. The predicted molar refractivity (Wildman–Crippen MR) is 50.3 cm³/mol. The van der Waals surface area contributed by atoms with Gasteiger partial charge in [0, 0.05) is 11.6 Å². The number of hydrogen-bond acceptors (Lipinski definition) is 2. The number of halogens is 2. The number of amides is 3. The Morgan fingerprint density at radius 1 is 1.31 bits per heavy atom. The number of benzene rings is 1. The zero-order valence-corrected chi connectivity index (χ0v) is 8.17. The fourth-order valence-corrected chi connectivity index (χ4v) is 1.47. The third kappa shape index (κ3) is 2.00. The molecule has 0 atom stereocenters. The van der Waals surface area contributed by atoms with Crippen molar-refractivity contribution in [3.63, 3.8) is 0 Å². The summed E-state index contributed by atoms with van der Waals surface area (Å²) in [7, 11) is 0. The van der Waals surface area contributed by atoms with Crippen molar-refractivity contribution in [1.29, 1.82) is 0 Å². The van der Waals surface area contributed by atoms with Gasteiger partial charge < -0.3 is 4.90 Å². The fourth-order valence-electron chi connectivity index (χ4n) is 1.47. The number of imide groups is 1. The number of urea groups is 1. The number of carbonyl (C=O) groups excluding carboxylic acids is 2. The maximum absolute atomic E-state index is 13.2. The minimum absolute atomic E-state index is 0.0519. The van der Waals surface area contributed by atoms with Gasteiger partial charge in [-0.05, 0) is 6.07 Å². The van der Waals surface area contributed by atoms with Crippen molar-refractivity contribution in [2.24, 2.45) is 0 Å². The summed E-state index contributed by atoms with van der Waals surface area (Å²) in [5.41, 5.74) is 0.172. The first-order chi connectivity index (χ1) is 7.56. The van der Waals surface area contributed by atoms with E-state index in [1.165, 1.54) is 6.07 Å². The Labute approximate surface area is 89.8 Å². The highest BCUT2D eigenvalue weighted by atomic mass is 19.1. The van der Waals surface area contributed by atoms with E-state index in [1.807, 2.05) is 0 Å². The molecule has 6 heteroatoms. The van der Waals surface area contributed by atoms with Gasteiger partial charge in [0.1, 0.15) is 18.2 Å². The topological polar surface area (TPSA) is 49.4 Å². The average molecular weight is 226 g/mol. The first kappa shape index (κ1) is 10.5. The van der Waals surface area contributed by atoms with E-state index in [0.717, 1.165) is 17.0 Å². The van der Waals surface area contributed by atoms with Crippen molar-refractivity contribution >= 4 is 11.9 Å². The summed E-state index contributed by atoms with van der Waals surface area (Å²) in [6.45, 7) is -0.153. The SMILES string of the molecule is O=C1CN(Cc2ccc(F)cc2F)C(=O)N1. The van der Waals surface area contributed by atoms with Crippen LogP contribution < -0.4 is 5.32 Å². The number of carbonyl (C=O) groups is 2. The van der Waals surface area contributed by atoms with Gasteiger partial charge in [-0.1, -0.05) is 6.07 Å². The summed E-state index contributed by atoms with van der Waals surface area (Å²) in [5, 5.41) is 2.07.